The van der Waals surface area contributed by atoms with Gasteiger partial charge in [-0.2, -0.15) is 15.8 Å². The van der Waals surface area contributed by atoms with Crippen molar-refractivity contribution in [1.82, 2.24) is 4.90 Å². The second kappa shape index (κ2) is 16.2. The van der Waals surface area contributed by atoms with E-state index in [0.29, 0.717) is 22.3 Å². The van der Waals surface area contributed by atoms with Crippen LogP contribution in [-0.2, 0) is 0 Å². The van der Waals surface area contributed by atoms with Gasteiger partial charge < -0.3 is 10.3 Å². The lowest BCUT2D eigenvalue weighted by molar-refractivity contribution is 0.434. The van der Waals surface area contributed by atoms with Crippen molar-refractivity contribution in [3.8, 4) is 24.3 Å². The maximum Gasteiger partial charge on any atom is 0.270 e. The molecule has 46 heavy (non-hydrogen) atoms. The van der Waals surface area contributed by atoms with Gasteiger partial charge in [-0.25, -0.2) is 16.0 Å². The van der Waals surface area contributed by atoms with E-state index >= 15 is 0 Å². The predicted molar refractivity (Wildman–Crippen MR) is 179 cm³/mol. The molecule has 1 saturated heterocycles. The average Bonchev–Trinajstić information content (AvgIpc) is 3.78. The van der Waals surface area contributed by atoms with Crippen LogP contribution in [0.4, 0.5) is 0 Å². The van der Waals surface area contributed by atoms with Gasteiger partial charge in [0.15, 0.2) is 0 Å². The SMILES string of the molecule is [C-]#[N+]/C(C#N)=C(/C(C#N)=C/C=C/C1=C(N2CCCC2)C(=C/C=C/C(C#N)=C(/C(=C=[N-])C#N)c2ccccc2)/CC1)c1ccccc1. The topological polar surface area (TPSA) is 125 Å². The molecular formula is C39H28N7-. The van der Waals surface area contributed by atoms with Crippen LogP contribution >= 0.6 is 0 Å². The van der Waals surface area contributed by atoms with E-state index in [1.165, 1.54) is 0 Å². The molecule has 0 unspecified atom stereocenters. The molecule has 0 aromatic heterocycles. The van der Waals surface area contributed by atoms with E-state index in [-0.39, 0.29) is 22.4 Å². The average molecular weight is 595 g/mol. The third-order valence-electron chi connectivity index (χ3n) is 7.65. The fourth-order valence-electron chi connectivity index (χ4n) is 5.60. The Labute approximate surface area is 269 Å². The highest BCUT2D eigenvalue weighted by atomic mass is 15.2. The summed E-state index contributed by atoms with van der Waals surface area (Å²) in [6.07, 6.45) is 14.6. The van der Waals surface area contributed by atoms with Crippen LogP contribution in [0.1, 0.15) is 36.8 Å². The number of benzene rings is 2. The Morgan fingerprint density at radius 1 is 0.804 bits per heavy atom. The molecule has 0 N–H and O–H groups in total. The first-order chi connectivity index (χ1) is 22.6. The van der Waals surface area contributed by atoms with Gasteiger partial charge in [-0.1, -0.05) is 85.0 Å². The van der Waals surface area contributed by atoms with Gasteiger partial charge in [0.05, 0.1) is 41.5 Å². The summed E-state index contributed by atoms with van der Waals surface area (Å²) in [4.78, 5) is 5.73. The third kappa shape index (κ3) is 7.44. The van der Waals surface area contributed by atoms with Crippen molar-refractivity contribution in [2.45, 2.75) is 25.7 Å². The molecule has 1 fully saturated rings. The Bertz CT molecular complexity index is 1950. The lowest BCUT2D eigenvalue weighted by atomic mass is 9.94. The minimum absolute atomic E-state index is 0.126. The fraction of sp³-hybridized carbons (Fsp3) is 0.154. The number of nitrogens with zero attached hydrogens (tertiary/aromatic N) is 7. The van der Waals surface area contributed by atoms with Crippen molar-refractivity contribution in [3.05, 3.63) is 164 Å². The van der Waals surface area contributed by atoms with Crippen molar-refractivity contribution < 1.29 is 0 Å². The molecule has 4 rings (SSSR count). The molecule has 0 amide bonds. The third-order valence-corrected chi connectivity index (χ3v) is 7.65. The van der Waals surface area contributed by atoms with Crippen molar-refractivity contribution in [2.75, 3.05) is 13.1 Å². The molecule has 0 saturated carbocycles. The molecule has 0 spiro atoms. The Morgan fingerprint density at radius 3 is 2.00 bits per heavy atom. The van der Waals surface area contributed by atoms with Crippen LogP contribution in [0.5, 0.6) is 0 Å². The van der Waals surface area contributed by atoms with Crippen molar-refractivity contribution in [3.63, 3.8) is 0 Å². The maximum absolute atomic E-state index is 10.00. The van der Waals surface area contributed by atoms with Gasteiger partial charge in [-0.3, -0.25) is 0 Å². The van der Waals surface area contributed by atoms with Crippen molar-refractivity contribution in [2.24, 2.45) is 0 Å². The fourth-order valence-corrected chi connectivity index (χ4v) is 5.60. The predicted octanol–water partition coefficient (Wildman–Crippen LogP) is 8.14. The largest absolute Gasteiger partial charge is 0.762 e. The summed E-state index contributed by atoms with van der Waals surface area (Å²) in [7, 11) is 0. The Kier molecular flexibility index (Phi) is 11.4. The van der Waals surface area contributed by atoms with Crippen LogP contribution in [0, 0.1) is 51.9 Å². The van der Waals surface area contributed by atoms with E-state index in [0.717, 1.165) is 55.6 Å². The first-order valence-electron chi connectivity index (χ1n) is 14.7. The highest BCUT2D eigenvalue weighted by Crippen LogP contribution is 2.37. The smallest absolute Gasteiger partial charge is 0.270 e. The van der Waals surface area contributed by atoms with Gasteiger partial charge in [0, 0.05) is 29.9 Å². The van der Waals surface area contributed by atoms with Gasteiger partial charge in [-0.15, -0.1) is 0 Å². The monoisotopic (exact) mass is 594 g/mol. The number of allylic oxidation sites excluding steroid dienone is 14. The van der Waals surface area contributed by atoms with Crippen molar-refractivity contribution in [1.29, 1.82) is 21.0 Å². The number of nitriles is 4. The minimum Gasteiger partial charge on any atom is -0.762 e. The number of hydrogen-bond acceptors (Lipinski definition) is 5. The summed E-state index contributed by atoms with van der Waals surface area (Å²) in [5, 5.41) is 48.8. The van der Waals surface area contributed by atoms with Gasteiger partial charge >= 0.3 is 0 Å². The summed E-state index contributed by atoms with van der Waals surface area (Å²) in [6, 6.07) is 26.1. The van der Waals surface area contributed by atoms with Gasteiger partial charge in [0.2, 0.25) is 0 Å². The molecule has 220 valence electrons. The molecule has 1 heterocycles. The zero-order valence-electron chi connectivity index (χ0n) is 25.1. The van der Waals surface area contributed by atoms with Crippen molar-refractivity contribution >= 4 is 17.0 Å². The summed E-state index contributed by atoms with van der Waals surface area (Å²) in [5.41, 5.74) is 5.37. The zero-order valence-corrected chi connectivity index (χ0v) is 25.1. The highest BCUT2D eigenvalue weighted by Gasteiger charge is 2.25. The van der Waals surface area contributed by atoms with Crippen LogP contribution in [-0.4, -0.2) is 23.9 Å². The molecule has 7 heteroatoms. The molecule has 2 aromatic carbocycles. The minimum atomic E-state index is -0.141. The van der Waals surface area contributed by atoms with Crippen LogP contribution in [0.3, 0.4) is 0 Å². The molecule has 1 aliphatic heterocycles. The number of hydrogen-bond donors (Lipinski definition) is 0. The van der Waals surface area contributed by atoms with E-state index < -0.39 is 0 Å². The van der Waals surface area contributed by atoms with E-state index in [4.69, 9.17) is 6.57 Å². The van der Waals surface area contributed by atoms with Crippen LogP contribution < -0.4 is 0 Å². The standard InChI is InChI=1S/C39H28N7/c1-45-36(28-44)38(30-14-6-3-7-15-30)34(25-41)19-11-17-32-21-20-31(39(32)46-22-8-9-23-46)16-10-18-33(24-40)37(35(26-42)27-43)29-12-4-2-5-13-29/h2-7,10-19H,8-9,20-23H2/q-1/b17-11+,18-10+,31-16+,34-19+,37-33-,38-36+. The second-order valence-electron chi connectivity index (χ2n) is 10.3. The maximum atomic E-state index is 10.00. The summed E-state index contributed by atoms with van der Waals surface area (Å²) >= 11 is 0. The molecule has 0 atom stereocenters. The van der Waals surface area contributed by atoms with Crippen LogP contribution in [0.15, 0.2) is 136 Å². The molecule has 1 aliphatic carbocycles. The van der Waals surface area contributed by atoms with E-state index in [1.807, 2.05) is 42.3 Å². The molecular weight excluding hydrogens is 566 g/mol. The first kappa shape index (κ1) is 32.2. The van der Waals surface area contributed by atoms with E-state index in [9.17, 15) is 26.5 Å². The molecule has 2 aromatic rings. The molecule has 7 nitrogen and oxygen atoms in total. The normalized spacial score (nSPS) is 16.6. The summed E-state index contributed by atoms with van der Waals surface area (Å²) in [6.45, 7) is 9.33. The Morgan fingerprint density at radius 2 is 1.46 bits per heavy atom. The van der Waals surface area contributed by atoms with Crippen LogP contribution in [0.2, 0.25) is 0 Å². The lowest BCUT2D eigenvalue weighted by Crippen LogP contribution is -2.19. The van der Waals surface area contributed by atoms with Crippen LogP contribution in [0.25, 0.3) is 21.4 Å². The molecule has 0 bridgehead atoms. The number of rotatable bonds is 9. The van der Waals surface area contributed by atoms with E-state index in [2.05, 4.69) is 21.9 Å². The highest BCUT2D eigenvalue weighted by molar-refractivity contribution is 5.97. The summed E-state index contributed by atoms with van der Waals surface area (Å²) < 4.78 is 0. The Hall–Kier alpha value is -6.68. The quantitative estimate of drug-likeness (QED) is 0.125. The number of likely N-dealkylation sites (tertiary alicyclic amines) is 1. The van der Waals surface area contributed by atoms with Gasteiger partial charge in [-0.05, 0) is 60.1 Å². The molecule has 0 radical (unpaired) electrons. The van der Waals surface area contributed by atoms with Gasteiger partial charge in [0.1, 0.15) is 6.07 Å². The zero-order chi connectivity index (χ0) is 32.7. The van der Waals surface area contributed by atoms with Gasteiger partial charge in [0.25, 0.3) is 5.70 Å². The Balaban J connectivity index is 1.73. The van der Waals surface area contributed by atoms with E-state index in [1.54, 1.807) is 72.8 Å². The summed E-state index contributed by atoms with van der Waals surface area (Å²) in [5.74, 6) is 1.92. The first-order valence-corrected chi connectivity index (χ1v) is 14.7. The second-order valence-corrected chi connectivity index (χ2v) is 10.3. The lowest BCUT2D eigenvalue weighted by Gasteiger charge is -2.22. The molecule has 2 aliphatic rings.